The van der Waals surface area contributed by atoms with Crippen LogP contribution in [0.1, 0.15) is 22.2 Å². The molecule has 1 aromatic carbocycles. The molecule has 136 valence electrons. The minimum Gasteiger partial charge on any atom is -0.465 e. The van der Waals surface area contributed by atoms with Crippen molar-refractivity contribution in [3.8, 4) is 0 Å². The summed E-state index contributed by atoms with van der Waals surface area (Å²) >= 11 is 14.6. The molecule has 0 spiro atoms. The van der Waals surface area contributed by atoms with E-state index in [1.807, 2.05) is 13.0 Å². The van der Waals surface area contributed by atoms with Gasteiger partial charge in [-0.25, -0.2) is 0 Å². The molecule has 0 fully saturated rings. The Balaban J connectivity index is 2.17. The molecule has 0 saturated heterocycles. The number of aromatic nitrogens is 1. The number of carbonyl (C=O) groups excluding carboxylic acids is 2. The van der Waals surface area contributed by atoms with Gasteiger partial charge in [-0.2, -0.15) is 4.99 Å². The fourth-order valence-electron chi connectivity index (χ4n) is 2.45. The molecule has 0 atom stereocenters. The molecule has 1 amide bonds. The largest absolute Gasteiger partial charge is 0.465 e. The van der Waals surface area contributed by atoms with E-state index < -0.39 is 11.9 Å². The highest BCUT2D eigenvalue weighted by Gasteiger charge is 2.16. The summed E-state index contributed by atoms with van der Waals surface area (Å²) in [5.41, 5.74) is 1.59. The Kier molecular flexibility index (Phi) is 5.82. The topological polar surface area (TPSA) is 60.7 Å². The number of thiophene rings is 1. The molecular weight excluding hydrogens is 415 g/mol. The number of aryl methyl sites for hydroxylation is 1. The highest BCUT2D eigenvalue weighted by atomic mass is 35.5. The van der Waals surface area contributed by atoms with Crippen LogP contribution in [0.2, 0.25) is 9.36 Å². The van der Waals surface area contributed by atoms with Crippen LogP contribution in [0, 0.1) is 6.92 Å². The van der Waals surface area contributed by atoms with E-state index in [-0.39, 0.29) is 13.2 Å². The van der Waals surface area contributed by atoms with Crippen LogP contribution >= 0.6 is 45.9 Å². The third-order valence-electron chi connectivity index (χ3n) is 3.60. The maximum atomic E-state index is 12.5. The van der Waals surface area contributed by atoms with Gasteiger partial charge in [0.1, 0.15) is 6.54 Å². The average molecular weight is 429 g/mol. The summed E-state index contributed by atoms with van der Waals surface area (Å²) in [5.74, 6) is -0.811. The van der Waals surface area contributed by atoms with Gasteiger partial charge < -0.3 is 9.30 Å². The van der Waals surface area contributed by atoms with Gasteiger partial charge in [-0.15, -0.1) is 11.3 Å². The molecule has 3 aromatic rings. The Hall–Kier alpha value is -1.67. The second-order valence-electron chi connectivity index (χ2n) is 5.32. The number of esters is 1. The summed E-state index contributed by atoms with van der Waals surface area (Å²) in [6, 6.07) is 6.91. The highest BCUT2D eigenvalue weighted by molar-refractivity contribution is 7.18. The number of rotatable bonds is 4. The molecule has 0 saturated carbocycles. The first-order valence-electron chi connectivity index (χ1n) is 7.69. The van der Waals surface area contributed by atoms with Gasteiger partial charge in [-0.1, -0.05) is 34.5 Å². The van der Waals surface area contributed by atoms with Gasteiger partial charge >= 0.3 is 5.97 Å². The first kappa shape index (κ1) is 19.1. The lowest BCUT2D eigenvalue weighted by atomic mass is 10.2. The number of carbonyl (C=O) groups is 2. The van der Waals surface area contributed by atoms with E-state index in [0.29, 0.717) is 19.0 Å². The number of benzene rings is 1. The molecule has 0 aliphatic carbocycles. The molecule has 0 aliphatic heterocycles. The van der Waals surface area contributed by atoms with Crippen LogP contribution in [0.4, 0.5) is 0 Å². The predicted octanol–water partition coefficient (Wildman–Crippen LogP) is 4.68. The first-order chi connectivity index (χ1) is 12.4. The molecule has 0 bridgehead atoms. The van der Waals surface area contributed by atoms with E-state index in [1.54, 1.807) is 29.7 Å². The van der Waals surface area contributed by atoms with E-state index in [1.165, 1.54) is 11.3 Å². The van der Waals surface area contributed by atoms with Crippen LogP contribution in [0.5, 0.6) is 0 Å². The Bertz CT molecular complexity index is 1070. The minimum absolute atomic E-state index is 0.0493. The molecule has 3 rings (SSSR count). The number of fused-ring (bicyclic) bond motifs is 1. The molecule has 2 aromatic heterocycles. The third kappa shape index (κ3) is 3.86. The number of hydrogen-bond donors (Lipinski definition) is 0. The lowest BCUT2D eigenvalue weighted by molar-refractivity contribution is -0.143. The van der Waals surface area contributed by atoms with Crippen LogP contribution in [0.25, 0.3) is 10.2 Å². The van der Waals surface area contributed by atoms with Crippen LogP contribution < -0.4 is 4.80 Å². The summed E-state index contributed by atoms with van der Waals surface area (Å²) in [4.78, 5) is 29.6. The lowest BCUT2D eigenvalue weighted by Crippen LogP contribution is -2.23. The number of amides is 1. The summed E-state index contributed by atoms with van der Waals surface area (Å²) in [6.45, 7) is 3.84. The maximum Gasteiger partial charge on any atom is 0.326 e. The molecule has 0 N–H and O–H groups in total. The van der Waals surface area contributed by atoms with E-state index in [0.717, 1.165) is 27.1 Å². The Morgan fingerprint density at radius 2 is 1.96 bits per heavy atom. The van der Waals surface area contributed by atoms with Gasteiger partial charge in [-0.05, 0) is 43.7 Å². The zero-order chi connectivity index (χ0) is 18.8. The van der Waals surface area contributed by atoms with Gasteiger partial charge in [0, 0.05) is 5.02 Å². The number of ether oxygens (including phenoxy) is 1. The van der Waals surface area contributed by atoms with Crippen molar-refractivity contribution in [3.05, 3.63) is 48.9 Å². The number of thiazole rings is 1. The monoisotopic (exact) mass is 428 g/mol. The van der Waals surface area contributed by atoms with Crippen LogP contribution in [0.15, 0.2) is 29.3 Å². The molecule has 0 unspecified atom stereocenters. The maximum absolute atomic E-state index is 12.5. The molecule has 9 heteroatoms. The van der Waals surface area contributed by atoms with E-state index >= 15 is 0 Å². The van der Waals surface area contributed by atoms with E-state index in [4.69, 9.17) is 27.9 Å². The standard InChI is InChI=1S/C17H14Cl2N2O3S2/c1-3-24-14(22)8-21-15-9(2)10(18)4-5-11(15)26-17(21)20-16(23)12-6-7-13(19)25-12/h4-7H,3,8H2,1-2H3. The second kappa shape index (κ2) is 7.92. The molecule has 2 heterocycles. The molecule has 0 aliphatic rings. The van der Waals surface area contributed by atoms with Crippen molar-refractivity contribution in [2.45, 2.75) is 20.4 Å². The smallest absolute Gasteiger partial charge is 0.326 e. The zero-order valence-electron chi connectivity index (χ0n) is 13.9. The predicted molar refractivity (Wildman–Crippen MR) is 105 cm³/mol. The Labute approximate surface area is 167 Å². The second-order valence-corrected chi connectivity index (χ2v) is 8.45. The van der Waals surface area contributed by atoms with Crippen molar-refractivity contribution >= 4 is 68.0 Å². The van der Waals surface area contributed by atoms with Crippen molar-refractivity contribution in [2.24, 2.45) is 4.99 Å². The summed E-state index contributed by atoms with van der Waals surface area (Å²) in [6.07, 6.45) is 0. The molecular formula is C17H14Cl2N2O3S2. The summed E-state index contributed by atoms with van der Waals surface area (Å²) in [7, 11) is 0. The fraction of sp³-hybridized carbons (Fsp3) is 0.235. The van der Waals surface area contributed by atoms with Gasteiger partial charge in [0.25, 0.3) is 5.91 Å². The van der Waals surface area contributed by atoms with Crippen molar-refractivity contribution in [1.82, 2.24) is 4.57 Å². The third-order valence-corrected chi connectivity index (χ3v) is 6.28. The van der Waals surface area contributed by atoms with Crippen LogP contribution in [-0.4, -0.2) is 23.1 Å². The lowest BCUT2D eigenvalue weighted by Gasteiger charge is -2.07. The minimum atomic E-state index is -0.408. The Morgan fingerprint density at radius 1 is 1.19 bits per heavy atom. The average Bonchev–Trinajstić information content (AvgIpc) is 3.16. The summed E-state index contributed by atoms with van der Waals surface area (Å²) < 4.78 is 8.12. The molecule has 0 radical (unpaired) electrons. The van der Waals surface area contributed by atoms with E-state index in [9.17, 15) is 9.59 Å². The molecule has 5 nitrogen and oxygen atoms in total. The van der Waals surface area contributed by atoms with Crippen molar-refractivity contribution in [2.75, 3.05) is 6.61 Å². The Morgan fingerprint density at radius 3 is 2.62 bits per heavy atom. The van der Waals surface area contributed by atoms with Gasteiger partial charge in [0.05, 0.1) is 26.0 Å². The SMILES string of the molecule is CCOC(=O)Cn1c(=NC(=O)c2ccc(Cl)s2)sc2ccc(Cl)c(C)c21. The molecule has 26 heavy (non-hydrogen) atoms. The highest BCUT2D eigenvalue weighted by Crippen LogP contribution is 2.27. The van der Waals surface area contributed by atoms with Gasteiger partial charge in [0.2, 0.25) is 0 Å². The quantitative estimate of drug-likeness (QED) is 0.566. The van der Waals surface area contributed by atoms with Crippen LogP contribution in [-0.2, 0) is 16.1 Å². The fourth-order valence-corrected chi connectivity index (χ4v) is 4.62. The van der Waals surface area contributed by atoms with Crippen molar-refractivity contribution < 1.29 is 14.3 Å². The van der Waals surface area contributed by atoms with Crippen molar-refractivity contribution in [3.63, 3.8) is 0 Å². The van der Waals surface area contributed by atoms with Gasteiger partial charge in [-0.3, -0.25) is 9.59 Å². The normalized spacial score (nSPS) is 11.9. The number of halogens is 2. The van der Waals surface area contributed by atoms with Crippen molar-refractivity contribution in [1.29, 1.82) is 0 Å². The zero-order valence-corrected chi connectivity index (χ0v) is 17.1. The van der Waals surface area contributed by atoms with Gasteiger partial charge in [0.15, 0.2) is 4.80 Å². The number of hydrogen-bond acceptors (Lipinski definition) is 5. The number of nitrogens with zero attached hydrogens (tertiary/aromatic N) is 2. The van der Waals surface area contributed by atoms with Crippen LogP contribution in [0.3, 0.4) is 0 Å². The first-order valence-corrected chi connectivity index (χ1v) is 10.1. The summed E-state index contributed by atoms with van der Waals surface area (Å²) in [5, 5.41) is 0.579. The van der Waals surface area contributed by atoms with E-state index in [2.05, 4.69) is 4.99 Å².